The molecule has 5 aliphatic rings. The Morgan fingerprint density at radius 3 is 1.15 bits per heavy atom. The fourth-order valence-electron chi connectivity index (χ4n) is 10.4. The van der Waals surface area contributed by atoms with E-state index < -0.39 is 0 Å². The Morgan fingerprint density at radius 2 is 0.824 bits per heavy atom. The van der Waals surface area contributed by atoms with Crippen LogP contribution in [0.3, 0.4) is 0 Å². The lowest BCUT2D eigenvalue weighted by atomic mass is 9.83. The van der Waals surface area contributed by atoms with E-state index >= 15 is 9.59 Å². The number of rotatable bonds is 14. The second-order valence-electron chi connectivity index (χ2n) is 18.9. The number of Topliss-reactive ketones (excluding diaryl/α,β-unsaturated/α-hetero) is 2. The van der Waals surface area contributed by atoms with Gasteiger partial charge in [0, 0.05) is 70.9 Å². The first-order valence-electron chi connectivity index (χ1n) is 26.1. The number of fused-ring (bicyclic) bond motifs is 10. The molecule has 2 heterocycles. The Morgan fingerprint density at radius 1 is 0.486 bits per heavy atom. The summed E-state index contributed by atoms with van der Waals surface area (Å²) in [5.41, 5.74) is 9.33. The van der Waals surface area contributed by atoms with Gasteiger partial charge in [-0.05, 0) is 136 Å². The van der Waals surface area contributed by atoms with Crippen LogP contribution < -0.4 is 29.1 Å². The summed E-state index contributed by atoms with van der Waals surface area (Å²) in [6.07, 6.45) is 17.1. The van der Waals surface area contributed by atoms with Crippen molar-refractivity contribution in [3.63, 3.8) is 0 Å². The summed E-state index contributed by atoms with van der Waals surface area (Å²) in [6.45, 7) is 16.0. The van der Waals surface area contributed by atoms with Crippen LogP contribution in [0.1, 0.15) is 63.8 Å². The van der Waals surface area contributed by atoms with Gasteiger partial charge >= 0.3 is 11.8 Å². The van der Waals surface area contributed by atoms with Crippen LogP contribution in [0.4, 0.5) is 11.4 Å². The van der Waals surface area contributed by atoms with Crippen LogP contribution in [0.15, 0.2) is 187 Å². The molecule has 74 heavy (non-hydrogen) atoms. The maximum Gasteiger partial charge on any atom is 0.349 e. The minimum Gasteiger partial charge on any atom is -0.479 e. The first kappa shape index (κ1) is 52.2. The molecule has 0 aromatic heterocycles. The number of allylic oxidation sites excluding steroid dienone is 14. The van der Waals surface area contributed by atoms with Crippen molar-refractivity contribution in [1.29, 1.82) is 0 Å². The molecule has 10 nitrogen and oxygen atoms in total. The molecule has 3 aliphatic carbocycles. The fraction of sp³-hybridized carbons (Fsp3) is 0.290. The van der Waals surface area contributed by atoms with Crippen LogP contribution in [0.5, 0.6) is 11.5 Å². The highest BCUT2D eigenvalue weighted by molar-refractivity contribution is 8.04. The van der Waals surface area contributed by atoms with E-state index in [4.69, 9.17) is 9.47 Å². The minimum absolute atomic E-state index is 0.0637. The minimum atomic E-state index is -0.160. The van der Waals surface area contributed by atoms with Crippen molar-refractivity contribution in [2.45, 2.75) is 77.0 Å². The molecule has 0 unspecified atom stereocenters. The molecule has 380 valence electrons. The third-order valence-corrected chi connectivity index (χ3v) is 16.6. The molecule has 12 heteroatoms. The van der Waals surface area contributed by atoms with Gasteiger partial charge in [0.25, 0.3) is 0 Å². The van der Waals surface area contributed by atoms with Gasteiger partial charge in [0.2, 0.25) is 13.2 Å². The maximum atomic E-state index is 15.1. The van der Waals surface area contributed by atoms with Crippen molar-refractivity contribution < 1.29 is 38.5 Å². The molecule has 0 saturated heterocycles. The van der Waals surface area contributed by atoms with Crippen molar-refractivity contribution in [2.24, 2.45) is 0 Å². The second kappa shape index (κ2) is 23.7. The summed E-state index contributed by atoms with van der Waals surface area (Å²) < 4.78 is 13.3. The summed E-state index contributed by atoms with van der Waals surface area (Å²) in [6, 6.07) is 28.5. The van der Waals surface area contributed by atoms with Crippen LogP contribution in [0, 0.1) is 0 Å². The molecule has 9 rings (SSSR count). The number of anilines is 2. The third kappa shape index (κ3) is 11.2. The molecule has 8 bridgehead atoms. The molecule has 4 aromatic carbocycles. The third-order valence-electron chi connectivity index (χ3n) is 14.3. The molecular formula is C62H66N4O6S2+2. The number of ether oxygens (including phenoxy) is 2. The molecule has 2 N–H and O–H groups in total. The molecule has 0 atom stereocenters. The van der Waals surface area contributed by atoms with Gasteiger partial charge in [-0.3, -0.25) is 19.4 Å². The summed E-state index contributed by atoms with van der Waals surface area (Å²) >= 11 is 3.45. The normalized spacial score (nSPS) is 17.3. The first-order valence-corrected chi connectivity index (χ1v) is 27.7. The fourth-order valence-corrected chi connectivity index (χ4v) is 12.7. The molecule has 0 radical (unpaired) electrons. The largest absolute Gasteiger partial charge is 0.479 e. The molecule has 0 spiro atoms. The zero-order valence-electron chi connectivity index (χ0n) is 43.3. The summed E-state index contributed by atoms with van der Waals surface area (Å²) in [5, 5.41) is 2.18. The number of thioether (sulfide) groups is 2. The van der Waals surface area contributed by atoms with E-state index in [-0.39, 0.29) is 62.3 Å². The molecule has 2 amide bonds. The number of benzene rings is 4. The lowest BCUT2D eigenvalue weighted by Gasteiger charge is -2.24. The maximum absolute atomic E-state index is 15.1. The van der Waals surface area contributed by atoms with Crippen molar-refractivity contribution in [2.75, 3.05) is 62.3 Å². The number of likely N-dealkylation sites (N-methyl/N-ethyl adjacent to an activating group) is 2. The van der Waals surface area contributed by atoms with Crippen LogP contribution in [0.2, 0.25) is 0 Å². The lowest BCUT2D eigenvalue weighted by molar-refractivity contribution is -0.816. The number of carbonyl (C=O) groups is 4. The quantitative estimate of drug-likeness (QED) is 0.127. The van der Waals surface area contributed by atoms with Gasteiger partial charge in [0.1, 0.15) is 11.5 Å². The summed E-state index contributed by atoms with van der Waals surface area (Å²) in [5.74, 6) is 0.676. The number of amides is 2. The van der Waals surface area contributed by atoms with Gasteiger partial charge in [-0.2, -0.15) is 0 Å². The Hall–Kier alpha value is -6.70. The summed E-state index contributed by atoms with van der Waals surface area (Å²) in [4.78, 5) is 66.1. The first-order chi connectivity index (χ1) is 36.0. The van der Waals surface area contributed by atoms with Gasteiger partial charge in [-0.25, -0.2) is 9.59 Å². The predicted octanol–water partition coefficient (Wildman–Crippen LogP) is 8.90. The predicted molar refractivity (Wildman–Crippen MR) is 298 cm³/mol. The van der Waals surface area contributed by atoms with Crippen LogP contribution >= 0.6 is 23.5 Å². The van der Waals surface area contributed by atoms with E-state index in [2.05, 4.69) is 96.5 Å². The second-order valence-corrected chi connectivity index (χ2v) is 21.0. The number of para-hydroxylation sites is 4. The van der Waals surface area contributed by atoms with E-state index in [0.29, 0.717) is 60.0 Å². The topological polar surface area (TPSA) is 102 Å². The van der Waals surface area contributed by atoms with Gasteiger partial charge in [-0.15, -0.1) is 0 Å². The van der Waals surface area contributed by atoms with Crippen LogP contribution in [0.25, 0.3) is 0 Å². The molecule has 0 saturated carbocycles. The highest BCUT2D eigenvalue weighted by atomic mass is 32.2. The van der Waals surface area contributed by atoms with Crippen molar-refractivity contribution in [3.8, 4) is 11.5 Å². The van der Waals surface area contributed by atoms with E-state index in [1.807, 2.05) is 88.4 Å². The standard InChI is InChI=1S/C62H64N4O6S2/c1-7-63(8-2)55(67)39-71-61-43-19-17-20-44(61)36-48-32-42(28-30-58-66(12-6)52-24-14-16-26-54(52)74-58)34-50(60(48)70)38-46-22-18-21-45(62(46)72-40-56(68)64(9-3)10-4)37-49-33-41(31-47(35-43)59(49)69)27-29-57-65(11-5)51-23-13-15-25-53(51)73-57/h13-34H,7-12,35-40H2,1-6H3/p+2. The van der Waals surface area contributed by atoms with E-state index in [9.17, 15) is 9.59 Å². The van der Waals surface area contributed by atoms with E-state index in [1.165, 1.54) is 21.2 Å². The highest BCUT2D eigenvalue weighted by Crippen LogP contribution is 2.47. The number of carbonyl (C=O) groups excluding carboxylic acids is 4. The van der Waals surface area contributed by atoms with Crippen LogP contribution in [-0.4, -0.2) is 75.9 Å². The SMILES string of the molecule is CCN1C(=CC=C2C=C3Cc4cccc(c4OCC(=O)[NH+](CC)CC)CC4=CC(=CC=C5Sc6ccccc6N5CC)C=C(Cc5cccc(c5OCC(=O)[NH+](CC)CC)CC(=C2)C3=O)C4=O)Sc2ccccc21. The number of hydrogen-bond acceptors (Lipinski definition) is 10. The number of hydrogen-bond donors (Lipinski definition) is 2. The Balaban J connectivity index is 1.19. The monoisotopic (exact) mass is 1030 g/mol. The Bertz CT molecular complexity index is 2850. The lowest BCUT2D eigenvalue weighted by Crippen LogP contribution is -3.14. The number of nitrogens with zero attached hydrogens (tertiary/aromatic N) is 2. The van der Waals surface area contributed by atoms with E-state index in [1.54, 1.807) is 23.5 Å². The zero-order chi connectivity index (χ0) is 51.9. The molecule has 4 aromatic rings. The van der Waals surface area contributed by atoms with Crippen molar-refractivity contribution in [1.82, 2.24) is 0 Å². The number of quaternary nitrogens is 2. The Kier molecular flexibility index (Phi) is 16.7. The average Bonchev–Trinajstić information content (AvgIpc) is 3.97. The molecule has 0 fully saturated rings. The average molecular weight is 1030 g/mol. The molecular weight excluding hydrogens is 961 g/mol. The van der Waals surface area contributed by atoms with Gasteiger partial charge in [-0.1, -0.05) is 96.3 Å². The number of nitrogens with one attached hydrogen (secondary N) is 2. The summed E-state index contributed by atoms with van der Waals surface area (Å²) in [7, 11) is 0. The van der Waals surface area contributed by atoms with Crippen molar-refractivity contribution >= 4 is 58.3 Å². The van der Waals surface area contributed by atoms with Gasteiger partial charge < -0.3 is 19.3 Å². The van der Waals surface area contributed by atoms with Crippen LogP contribution in [-0.2, 0) is 44.9 Å². The smallest absolute Gasteiger partial charge is 0.349 e. The van der Waals surface area contributed by atoms with Gasteiger partial charge in [0.15, 0.2) is 11.6 Å². The highest BCUT2D eigenvalue weighted by Gasteiger charge is 2.31. The Labute approximate surface area is 444 Å². The van der Waals surface area contributed by atoms with E-state index in [0.717, 1.165) is 66.3 Å². The molecule has 2 aliphatic heterocycles. The van der Waals surface area contributed by atoms with Crippen molar-refractivity contribution in [3.05, 3.63) is 199 Å². The zero-order valence-corrected chi connectivity index (χ0v) is 45.0. The number of ketones is 2. The van der Waals surface area contributed by atoms with Gasteiger partial charge in [0.05, 0.1) is 47.6 Å².